The highest BCUT2D eigenvalue weighted by Gasteiger charge is 2.53. The fourth-order valence-corrected chi connectivity index (χ4v) is 2.60. The van der Waals surface area contributed by atoms with E-state index in [4.69, 9.17) is 16.3 Å². The summed E-state index contributed by atoms with van der Waals surface area (Å²) in [6.07, 6.45) is 0. The Morgan fingerprint density at radius 2 is 1.89 bits per heavy atom. The highest BCUT2D eigenvalue weighted by Crippen LogP contribution is 2.42. The van der Waals surface area contributed by atoms with Gasteiger partial charge in [0.2, 0.25) is 5.78 Å². The van der Waals surface area contributed by atoms with Gasteiger partial charge in [-0.2, -0.15) is 0 Å². The molecule has 3 rings (SSSR count). The van der Waals surface area contributed by atoms with Crippen molar-refractivity contribution in [2.75, 3.05) is 6.61 Å². The molecule has 1 atom stereocenters. The second-order valence-corrected chi connectivity index (χ2v) is 5.81. The van der Waals surface area contributed by atoms with Crippen molar-refractivity contribution in [3.8, 4) is 0 Å². The van der Waals surface area contributed by atoms with E-state index in [0.717, 1.165) is 10.0 Å². The maximum atomic E-state index is 12.6. The minimum absolute atomic E-state index is 0.0257. The van der Waals surface area contributed by atoms with Crippen LogP contribution in [0, 0.1) is 0 Å². The van der Waals surface area contributed by atoms with Crippen LogP contribution in [0.25, 0.3) is 0 Å². The fraction of sp³-hybridized carbons (Fsp3) is 0.133. The SMILES string of the molecule is O=C(c1ccc(Cl)cc1)C1(c2cccc(Br)c2)CO1. The number of ketones is 1. The van der Waals surface area contributed by atoms with Crippen molar-refractivity contribution in [1.82, 2.24) is 0 Å². The quantitative estimate of drug-likeness (QED) is 0.620. The lowest BCUT2D eigenvalue weighted by molar-refractivity contribution is 0.0871. The summed E-state index contributed by atoms with van der Waals surface area (Å²) < 4.78 is 6.41. The van der Waals surface area contributed by atoms with Crippen LogP contribution in [-0.2, 0) is 10.3 Å². The maximum Gasteiger partial charge on any atom is 0.201 e. The zero-order valence-electron chi connectivity index (χ0n) is 9.90. The van der Waals surface area contributed by atoms with Crippen molar-refractivity contribution < 1.29 is 9.53 Å². The molecule has 0 aromatic heterocycles. The highest BCUT2D eigenvalue weighted by molar-refractivity contribution is 9.10. The molecule has 1 unspecified atom stereocenters. The molecule has 1 saturated heterocycles. The van der Waals surface area contributed by atoms with Crippen LogP contribution in [0.2, 0.25) is 5.02 Å². The van der Waals surface area contributed by atoms with Gasteiger partial charge in [0.1, 0.15) is 0 Å². The minimum atomic E-state index is -0.822. The zero-order chi connectivity index (χ0) is 13.5. The number of carbonyl (C=O) groups is 1. The Hall–Kier alpha value is -1.16. The summed E-state index contributed by atoms with van der Waals surface area (Å²) in [4.78, 5) is 12.6. The van der Waals surface area contributed by atoms with Crippen molar-refractivity contribution in [3.05, 3.63) is 69.2 Å². The van der Waals surface area contributed by atoms with Gasteiger partial charge >= 0.3 is 0 Å². The second-order valence-electron chi connectivity index (χ2n) is 4.46. The molecule has 2 aromatic rings. The topological polar surface area (TPSA) is 29.6 Å². The first-order valence-corrected chi connectivity index (χ1v) is 6.99. The highest BCUT2D eigenvalue weighted by atomic mass is 79.9. The molecule has 0 bridgehead atoms. The molecule has 0 spiro atoms. The van der Waals surface area contributed by atoms with Crippen LogP contribution < -0.4 is 0 Å². The molecule has 2 nitrogen and oxygen atoms in total. The Kier molecular flexibility index (Phi) is 3.21. The molecule has 4 heteroatoms. The van der Waals surface area contributed by atoms with E-state index in [-0.39, 0.29) is 5.78 Å². The van der Waals surface area contributed by atoms with E-state index in [1.165, 1.54) is 0 Å². The van der Waals surface area contributed by atoms with Gasteiger partial charge in [-0.05, 0) is 42.0 Å². The largest absolute Gasteiger partial charge is 0.356 e. The Balaban J connectivity index is 1.97. The number of Topliss-reactive ketones (excluding diaryl/α,β-unsaturated/α-hetero) is 1. The molecule has 0 N–H and O–H groups in total. The van der Waals surface area contributed by atoms with Crippen molar-refractivity contribution in [2.45, 2.75) is 5.60 Å². The Bertz CT molecular complexity index is 633. The Labute approximate surface area is 124 Å². The van der Waals surface area contributed by atoms with E-state index in [0.29, 0.717) is 17.2 Å². The number of hydrogen-bond acceptors (Lipinski definition) is 2. The predicted molar refractivity (Wildman–Crippen MR) is 77.6 cm³/mol. The van der Waals surface area contributed by atoms with Gasteiger partial charge in [0.25, 0.3) is 0 Å². The van der Waals surface area contributed by atoms with E-state index in [1.54, 1.807) is 24.3 Å². The first-order chi connectivity index (χ1) is 9.12. The van der Waals surface area contributed by atoms with E-state index in [9.17, 15) is 4.79 Å². The first kappa shape index (κ1) is 12.9. The van der Waals surface area contributed by atoms with Crippen LogP contribution in [-0.4, -0.2) is 12.4 Å². The van der Waals surface area contributed by atoms with Gasteiger partial charge in [-0.25, -0.2) is 0 Å². The Morgan fingerprint density at radius 3 is 2.47 bits per heavy atom. The molecule has 96 valence electrons. The molecule has 1 fully saturated rings. The average molecular weight is 338 g/mol. The summed E-state index contributed by atoms with van der Waals surface area (Å²) in [5, 5.41) is 0.616. The predicted octanol–water partition coefficient (Wildman–Crippen LogP) is 4.21. The maximum absolute atomic E-state index is 12.6. The van der Waals surface area contributed by atoms with Gasteiger partial charge in [-0.15, -0.1) is 0 Å². The molecule has 19 heavy (non-hydrogen) atoms. The number of benzene rings is 2. The standard InChI is InChI=1S/C15H10BrClO2/c16-12-3-1-2-11(8-12)15(9-19-15)14(18)10-4-6-13(17)7-5-10/h1-8H,9H2. The third kappa shape index (κ3) is 2.34. The van der Waals surface area contributed by atoms with E-state index in [2.05, 4.69) is 15.9 Å². The molecule has 1 heterocycles. The summed E-state index contributed by atoms with van der Waals surface area (Å²) in [7, 11) is 0. The zero-order valence-corrected chi connectivity index (χ0v) is 12.2. The number of rotatable bonds is 3. The normalized spacial score (nSPS) is 21.2. The monoisotopic (exact) mass is 336 g/mol. The van der Waals surface area contributed by atoms with Crippen LogP contribution in [0.5, 0.6) is 0 Å². The molecule has 1 aliphatic heterocycles. The third-order valence-electron chi connectivity index (χ3n) is 3.20. The lowest BCUT2D eigenvalue weighted by atomic mass is 9.91. The molecule has 2 aromatic carbocycles. The molecular formula is C15H10BrClO2. The Morgan fingerprint density at radius 1 is 1.21 bits per heavy atom. The van der Waals surface area contributed by atoms with Gasteiger partial charge in [0, 0.05) is 15.1 Å². The van der Waals surface area contributed by atoms with Crippen molar-refractivity contribution >= 4 is 33.3 Å². The molecule has 0 amide bonds. The first-order valence-electron chi connectivity index (χ1n) is 5.82. The van der Waals surface area contributed by atoms with Crippen LogP contribution in [0.4, 0.5) is 0 Å². The summed E-state index contributed by atoms with van der Waals surface area (Å²) >= 11 is 9.25. The van der Waals surface area contributed by atoms with Gasteiger partial charge in [-0.3, -0.25) is 4.79 Å². The number of ether oxygens (including phenoxy) is 1. The van der Waals surface area contributed by atoms with Gasteiger partial charge in [0.05, 0.1) is 6.61 Å². The second kappa shape index (κ2) is 4.75. The number of hydrogen-bond donors (Lipinski definition) is 0. The van der Waals surface area contributed by atoms with Crippen molar-refractivity contribution in [1.29, 1.82) is 0 Å². The van der Waals surface area contributed by atoms with Crippen LogP contribution in [0.1, 0.15) is 15.9 Å². The smallest absolute Gasteiger partial charge is 0.201 e. The molecule has 1 aliphatic rings. The summed E-state index contributed by atoms with van der Waals surface area (Å²) in [5.41, 5.74) is 0.668. The fourth-order valence-electron chi connectivity index (χ4n) is 2.08. The number of carbonyl (C=O) groups excluding carboxylic acids is 1. The summed E-state index contributed by atoms with van der Waals surface area (Å²) in [5.74, 6) is -0.0257. The molecule has 0 radical (unpaired) electrons. The third-order valence-corrected chi connectivity index (χ3v) is 3.94. The molecule has 0 aliphatic carbocycles. The van der Waals surface area contributed by atoms with Crippen LogP contribution >= 0.6 is 27.5 Å². The number of halogens is 2. The van der Waals surface area contributed by atoms with Gasteiger partial charge in [-0.1, -0.05) is 39.7 Å². The van der Waals surface area contributed by atoms with E-state index >= 15 is 0 Å². The van der Waals surface area contributed by atoms with Gasteiger partial charge < -0.3 is 4.74 Å². The lowest BCUT2D eigenvalue weighted by Gasteiger charge is -2.11. The summed E-state index contributed by atoms with van der Waals surface area (Å²) in [6.45, 7) is 0.422. The van der Waals surface area contributed by atoms with Crippen LogP contribution in [0.3, 0.4) is 0 Å². The van der Waals surface area contributed by atoms with E-state index in [1.807, 2.05) is 24.3 Å². The lowest BCUT2D eigenvalue weighted by Crippen LogP contribution is -2.22. The van der Waals surface area contributed by atoms with Crippen LogP contribution in [0.15, 0.2) is 53.0 Å². The van der Waals surface area contributed by atoms with E-state index < -0.39 is 5.60 Å². The van der Waals surface area contributed by atoms with Crippen molar-refractivity contribution in [2.24, 2.45) is 0 Å². The molecule has 0 saturated carbocycles. The average Bonchev–Trinajstić information content (AvgIpc) is 3.20. The summed E-state index contributed by atoms with van der Waals surface area (Å²) in [6, 6.07) is 14.5. The molecular weight excluding hydrogens is 328 g/mol. The van der Waals surface area contributed by atoms with Gasteiger partial charge in [0.15, 0.2) is 5.60 Å². The number of epoxide rings is 1. The van der Waals surface area contributed by atoms with Crippen molar-refractivity contribution in [3.63, 3.8) is 0 Å². The minimum Gasteiger partial charge on any atom is -0.356 e.